The van der Waals surface area contributed by atoms with Crippen molar-refractivity contribution in [2.45, 2.75) is 18.9 Å². The maximum atomic E-state index is 3.51. The van der Waals surface area contributed by atoms with Gasteiger partial charge < -0.3 is 4.90 Å². The SMILES string of the molecule is C1=CCC2=Cc3ccccc3C3CCNCN3C2=C1.Cl. The van der Waals surface area contributed by atoms with E-state index in [0.717, 1.165) is 19.6 Å². The predicted octanol–water partition coefficient (Wildman–Crippen LogP) is 3.64. The van der Waals surface area contributed by atoms with E-state index in [0.29, 0.717) is 6.04 Å². The minimum Gasteiger partial charge on any atom is -0.351 e. The average molecular weight is 287 g/mol. The summed E-state index contributed by atoms with van der Waals surface area (Å²) >= 11 is 0. The zero-order chi connectivity index (χ0) is 12.7. The number of benzene rings is 1. The lowest BCUT2D eigenvalue weighted by Gasteiger charge is -2.39. The molecule has 104 valence electrons. The molecule has 3 aliphatic rings. The Morgan fingerprint density at radius 2 is 2.10 bits per heavy atom. The van der Waals surface area contributed by atoms with Crippen molar-refractivity contribution in [2.75, 3.05) is 13.2 Å². The molecule has 2 aliphatic heterocycles. The van der Waals surface area contributed by atoms with Crippen LogP contribution in [0.15, 0.2) is 53.8 Å². The largest absolute Gasteiger partial charge is 0.351 e. The van der Waals surface area contributed by atoms with Gasteiger partial charge in [-0.1, -0.05) is 36.4 Å². The van der Waals surface area contributed by atoms with Gasteiger partial charge in [0.1, 0.15) is 0 Å². The summed E-state index contributed by atoms with van der Waals surface area (Å²) in [5, 5.41) is 3.51. The van der Waals surface area contributed by atoms with Gasteiger partial charge in [0.15, 0.2) is 0 Å². The van der Waals surface area contributed by atoms with Gasteiger partial charge in [-0.05, 0) is 48.2 Å². The van der Waals surface area contributed by atoms with Crippen LogP contribution in [0.1, 0.15) is 30.0 Å². The van der Waals surface area contributed by atoms with E-state index in [-0.39, 0.29) is 12.4 Å². The van der Waals surface area contributed by atoms with Crippen molar-refractivity contribution in [3.63, 3.8) is 0 Å². The normalized spacial score (nSPS) is 23.4. The Bertz CT molecular complexity index is 601. The molecule has 1 aliphatic carbocycles. The number of nitrogens with one attached hydrogen (secondary N) is 1. The Balaban J connectivity index is 0.00000121. The summed E-state index contributed by atoms with van der Waals surface area (Å²) in [4.78, 5) is 2.53. The summed E-state index contributed by atoms with van der Waals surface area (Å²) in [5.74, 6) is 0. The van der Waals surface area contributed by atoms with Crippen molar-refractivity contribution >= 4 is 18.5 Å². The third kappa shape index (κ3) is 2.09. The molecule has 1 unspecified atom stereocenters. The lowest BCUT2D eigenvalue weighted by Crippen LogP contribution is -2.43. The first-order valence-corrected chi connectivity index (χ1v) is 7.07. The number of allylic oxidation sites excluding steroid dienone is 4. The highest BCUT2D eigenvalue weighted by molar-refractivity contribution is 5.85. The minimum atomic E-state index is 0. The predicted molar refractivity (Wildman–Crippen MR) is 85.6 cm³/mol. The molecule has 1 aromatic rings. The molecule has 1 N–H and O–H groups in total. The summed E-state index contributed by atoms with van der Waals surface area (Å²) in [7, 11) is 0. The van der Waals surface area contributed by atoms with Crippen molar-refractivity contribution < 1.29 is 0 Å². The Hall–Kier alpha value is -1.51. The van der Waals surface area contributed by atoms with Crippen LogP contribution in [0, 0.1) is 0 Å². The van der Waals surface area contributed by atoms with E-state index in [2.05, 4.69) is 58.8 Å². The summed E-state index contributed by atoms with van der Waals surface area (Å²) in [6, 6.07) is 9.38. The molecular formula is C17H19ClN2. The highest BCUT2D eigenvalue weighted by atomic mass is 35.5. The van der Waals surface area contributed by atoms with E-state index in [1.54, 1.807) is 0 Å². The highest BCUT2D eigenvalue weighted by Crippen LogP contribution is 2.40. The zero-order valence-corrected chi connectivity index (χ0v) is 12.2. The highest BCUT2D eigenvalue weighted by Gasteiger charge is 2.30. The first-order chi connectivity index (χ1) is 9.43. The van der Waals surface area contributed by atoms with Crippen molar-refractivity contribution in [1.82, 2.24) is 10.2 Å². The van der Waals surface area contributed by atoms with Crippen molar-refractivity contribution in [1.29, 1.82) is 0 Å². The van der Waals surface area contributed by atoms with Gasteiger partial charge in [0.25, 0.3) is 0 Å². The minimum absolute atomic E-state index is 0. The molecule has 3 heteroatoms. The monoisotopic (exact) mass is 286 g/mol. The molecule has 1 saturated heterocycles. The Labute approximate surface area is 126 Å². The first kappa shape index (κ1) is 13.5. The van der Waals surface area contributed by atoms with Crippen molar-refractivity contribution in [3.05, 3.63) is 64.9 Å². The smallest absolute Gasteiger partial charge is 0.0688 e. The van der Waals surface area contributed by atoms with Crippen LogP contribution in [-0.2, 0) is 0 Å². The molecule has 1 aromatic carbocycles. The lowest BCUT2D eigenvalue weighted by molar-refractivity contribution is 0.189. The zero-order valence-electron chi connectivity index (χ0n) is 11.4. The Morgan fingerprint density at radius 3 is 3.05 bits per heavy atom. The van der Waals surface area contributed by atoms with E-state index in [4.69, 9.17) is 0 Å². The van der Waals surface area contributed by atoms with Gasteiger partial charge in [-0.3, -0.25) is 5.32 Å². The quantitative estimate of drug-likeness (QED) is 0.783. The van der Waals surface area contributed by atoms with E-state index in [9.17, 15) is 0 Å². The molecule has 2 nitrogen and oxygen atoms in total. The van der Waals surface area contributed by atoms with Crippen LogP contribution in [-0.4, -0.2) is 18.1 Å². The molecule has 0 bridgehead atoms. The Morgan fingerprint density at radius 1 is 1.20 bits per heavy atom. The van der Waals surface area contributed by atoms with E-state index in [1.807, 2.05) is 0 Å². The van der Waals surface area contributed by atoms with E-state index < -0.39 is 0 Å². The molecular weight excluding hydrogens is 268 g/mol. The molecule has 0 amide bonds. The van der Waals surface area contributed by atoms with Gasteiger partial charge >= 0.3 is 0 Å². The molecule has 2 heterocycles. The van der Waals surface area contributed by atoms with Gasteiger partial charge in [-0.2, -0.15) is 0 Å². The van der Waals surface area contributed by atoms with E-state index in [1.165, 1.54) is 28.8 Å². The third-order valence-electron chi connectivity index (χ3n) is 4.30. The van der Waals surface area contributed by atoms with E-state index >= 15 is 0 Å². The Kier molecular flexibility index (Phi) is 3.68. The first-order valence-electron chi connectivity index (χ1n) is 7.07. The molecule has 20 heavy (non-hydrogen) atoms. The van der Waals surface area contributed by atoms with Gasteiger partial charge in [0.05, 0.1) is 12.7 Å². The van der Waals surface area contributed by atoms with Crippen LogP contribution in [0.25, 0.3) is 6.08 Å². The maximum absolute atomic E-state index is 3.51. The summed E-state index contributed by atoms with van der Waals surface area (Å²) in [6.07, 6.45) is 11.3. The standard InChI is InChI=1S/C17H18N2.ClH/c1-3-7-15-13(5-1)11-14-6-2-4-8-16(14)19-12-18-10-9-17(15)19;/h1-5,7-8,11,17-18H,6,9-10,12H2;1H. The van der Waals surface area contributed by atoms with Gasteiger partial charge in [0.2, 0.25) is 0 Å². The summed E-state index contributed by atoms with van der Waals surface area (Å²) < 4.78 is 0. The number of nitrogens with zero attached hydrogens (tertiary/aromatic N) is 1. The molecule has 1 atom stereocenters. The van der Waals surface area contributed by atoms with Crippen LogP contribution in [0.4, 0.5) is 0 Å². The van der Waals surface area contributed by atoms with Crippen LogP contribution >= 0.6 is 12.4 Å². The number of fused-ring (bicyclic) bond motifs is 5. The molecule has 0 saturated carbocycles. The fourth-order valence-corrected chi connectivity index (χ4v) is 3.39. The summed E-state index contributed by atoms with van der Waals surface area (Å²) in [6.45, 7) is 2.06. The fourth-order valence-electron chi connectivity index (χ4n) is 3.39. The number of hydrogen-bond acceptors (Lipinski definition) is 2. The number of halogens is 1. The topological polar surface area (TPSA) is 15.3 Å². The van der Waals surface area contributed by atoms with Crippen LogP contribution < -0.4 is 5.32 Å². The number of rotatable bonds is 0. The second kappa shape index (κ2) is 5.47. The van der Waals surface area contributed by atoms with Crippen molar-refractivity contribution in [2.24, 2.45) is 0 Å². The average Bonchev–Trinajstić information content (AvgIpc) is 2.62. The molecule has 0 spiro atoms. The van der Waals surface area contributed by atoms with Crippen LogP contribution in [0.5, 0.6) is 0 Å². The molecule has 0 radical (unpaired) electrons. The van der Waals surface area contributed by atoms with Gasteiger partial charge in [0, 0.05) is 5.70 Å². The third-order valence-corrected chi connectivity index (χ3v) is 4.30. The molecule has 0 aromatic heterocycles. The molecule has 4 rings (SSSR count). The second-order valence-electron chi connectivity index (χ2n) is 5.42. The second-order valence-corrected chi connectivity index (χ2v) is 5.42. The fraction of sp³-hybridized carbons (Fsp3) is 0.294. The summed E-state index contributed by atoms with van der Waals surface area (Å²) in [5.41, 5.74) is 5.72. The van der Waals surface area contributed by atoms with Crippen LogP contribution in [0.3, 0.4) is 0 Å². The van der Waals surface area contributed by atoms with Crippen molar-refractivity contribution in [3.8, 4) is 0 Å². The van der Waals surface area contributed by atoms with Gasteiger partial charge in [-0.15, -0.1) is 12.4 Å². The van der Waals surface area contributed by atoms with Gasteiger partial charge in [-0.25, -0.2) is 0 Å². The molecule has 1 fully saturated rings. The van der Waals surface area contributed by atoms with Crippen LogP contribution in [0.2, 0.25) is 0 Å². The maximum Gasteiger partial charge on any atom is 0.0688 e. The lowest BCUT2D eigenvalue weighted by atomic mass is 9.96. The number of hydrogen-bond donors (Lipinski definition) is 1.